The molecular formula is C47H46N8O7. The molecule has 0 bridgehead atoms. The van der Waals surface area contributed by atoms with Crippen LogP contribution in [0.4, 0.5) is 9.59 Å². The molecule has 2 aromatic heterocycles. The maximum Gasteiger partial charge on any atom is 0.432 e. The van der Waals surface area contributed by atoms with Crippen LogP contribution >= 0.6 is 0 Å². The summed E-state index contributed by atoms with van der Waals surface area (Å²) in [6, 6.07) is 32.2. The molecule has 6 aromatic rings. The minimum Gasteiger partial charge on any atom is -0.457 e. The zero-order valence-electron chi connectivity index (χ0n) is 34.3. The first-order valence-corrected chi connectivity index (χ1v) is 20.5. The van der Waals surface area contributed by atoms with Crippen molar-refractivity contribution in [2.45, 2.75) is 49.7 Å². The summed E-state index contributed by atoms with van der Waals surface area (Å²) in [6.07, 6.45) is 6.67. The molecule has 8 rings (SSSR count). The molecule has 0 saturated carbocycles. The van der Waals surface area contributed by atoms with Gasteiger partial charge in [-0.15, -0.1) is 0 Å². The molecule has 4 aromatic carbocycles. The van der Waals surface area contributed by atoms with E-state index in [-0.39, 0.29) is 23.9 Å². The van der Waals surface area contributed by atoms with Crippen molar-refractivity contribution in [1.82, 2.24) is 35.1 Å². The van der Waals surface area contributed by atoms with E-state index in [0.717, 1.165) is 53.8 Å². The van der Waals surface area contributed by atoms with Crippen molar-refractivity contribution in [3.63, 3.8) is 0 Å². The molecule has 4 amide bonds. The van der Waals surface area contributed by atoms with Crippen molar-refractivity contribution in [3.8, 4) is 34.0 Å². The first kappa shape index (κ1) is 41.2. The molecule has 15 nitrogen and oxygen atoms in total. The number of benzene rings is 4. The summed E-state index contributed by atoms with van der Waals surface area (Å²) in [5.41, 5.74) is 4.62. The lowest BCUT2D eigenvalue weighted by Gasteiger charge is -2.28. The van der Waals surface area contributed by atoms with Gasteiger partial charge in [0, 0.05) is 42.8 Å². The number of alkyl carbamates (subject to hydrolysis) is 1. The van der Waals surface area contributed by atoms with Crippen LogP contribution in [0.1, 0.15) is 72.5 Å². The Bertz CT molecular complexity index is 2520. The van der Waals surface area contributed by atoms with Crippen molar-refractivity contribution in [2.24, 2.45) is 4.99 Å². The summed E-state index contributed by atoms with van der Waals surface area (Å²) in [4.78, 5) is 75.7. The Morgan fingerprint density at radius 2 is 1.18 bits per heavy atom. The normalized spacial score (nSPS) is 17.1. The molecule has 1 unspecified atom stereocenters. The number of aliphatic imine (C=N–C) groups is 1. The van der Waals surface area contributed by atoms with Crippen molar-refractivity contribution >= 4 is 30.2 Å². The number of imidazole rings is 2. The zero-order chi connectivity index (χ0) is 43.0. The standard InChI is InChI=1S/C47H46N8O7/c1-60-46(58)50-27-36(30-11-5-3-6-12-30)44(56)54-25-9-15-39(54)42-48-28-37(51-42)31-17-21-34(22-18-31)62-35-23-19-32(20-24-35)38-29-49-43(52-38)40-16-10-26-55(40)45(57)41(53-47(59)61-2)33-13-7-4-8-14-33/h3-8,11-14,17-24,27-29,36,39-41H,9-10,15-16,25-26H2,1-2H3,(H,48,51)(H,49,52)(H,53,59)/b50-27+/t36?,39-,40-,41+/m0/s1. The molecule has 15 heteroatoms. The Balaban J connectivity index is 0.899. The quantitative estimate of drug-likeness (QED) is 0.102. The topological polar surface area (TPSA) is 184 Å². The monoisotopic (exact) mass is 834 g/mol. The molecule has 2 saturated heterocycles. The van der Waals surface area contributed by atoms with Crippen LogP contribution in [0.5, 0.6) is 11.5 Å². The number of ether oxygens (including phenoxy) is 3. The third kappa shape index (κ3) is 9.11. The van der Waals surface area contributed by atoms with Crippen LogP contribution in [0.15, 0.2) is 127 Å². The number of aromatic amines is 2. The van der Waals surface area contributed by atoms with Gasteiger partial charge in [0.2, 0.25) is 5.91 Å². The highest BCUT2D eigenvalue weighted by Crippen LogP contribution is 2.36. The predicted molar refractivity (Wildman–Crippen MR) is 230 cm³/mol. The average Bonchev–Trinajstić information content (AvgIpc) is 4.17. The number of hydrogen-bond acceptors (Lipinski definition) is 9. The number of aromatic nitrogens is 4. The van der Waals surface area contributed by atoms with Crippen LogP contribution in [0.3, 0.4) is 0 Å². The van der Waals surface area contributed by atoms with E-state index in [1.54, 1.807) is 9.80 Å². The summed E-state index contributed by atoms with van der Waals surface area (Å²) >= 11 is 0. The van der Waals surface area contributed by atoms with E-state index in [2.05, 4.69) is 25.0 Å². The second-order valence-electron chi connectivity index (χ2n) is 15.0. The summed E-state index contributed by atoms with van der Waals surface area (Å²) in [6.45, 7) is 1.10. The van der Waals surface area contributed by atoms with Gasteiger partial charge in [0.15, 0.2) is 0 Å². The van der Waals surface area contributed by atoms with E-state index < -0.39 is 24.1 Å². The van der Waals surface area contributed by atoms with E-state index in [0.29, 0.717) is 41.8 Å². The van der Waals surface area contributed by atoms with E-state index in [1.807, 2.05) is 122 Å². The molecule has 0 spiro atoms. The largest absolute Gasteiger partial charge is 0.457 e. The number of methoxy groups -OCH3 is 2. The van der Waals surface area contributed by atoms with E-state index >= 15 is 0 Å². The van der Waals surface area contributed by atoms with Crippen LogP contribution in [0.25, 0.3) is 22.5 Å². The van der Waals surface area contributed by atoms with Crippen molar-refractivity contribution in [1.29, 1.82) is 0 Å². The Morgan fingerprint density at radius 1 is 0.677 bits per heavy atom. The number of rotatable bonds is 12. The fourth-order valence-electron chi connectivity index (χ4n) is 8.06. The van der Waals surface area contributed by atoms with Crippen LogP contribution < -0.4 is 10.1 Å². The van der Waals surface area contributed by atoms with E-state index in [4.69, 9.17) is 19.4 Å². The van der Waals surface area contributed by atoms with Crippen LogP contribution in [0.2, 0.25) is 0 Å². The van der Waals surface area contributed by atoms with Gasteiger partial charge >= 0.3 is 12.2 Å². The molecule has 0 aliphatic carbocycles. The van der Waals surface area contributed by atoms with Crippen LogP contribution in [-0.2, 0) is 19.1 Å². The first-order valence-electron chi connectivity index (χ1n) is 20.5. The van der Waals surface area contributed by atoms with Crippen LogP contribution in [0, 0.1) is 0 Å². The average molecular weight is 835 g/mol. The molecule has 2 fully saturated rings. The highest BCUT2D eigenvalue weighted by atomic mass is 16.5. The Morgan fingerprint density at radius 3 is 1.68 bits per heavy atom. The maximum absolute atomic E-state index is 14.0. The fraction of sp³-hybridized carbons (Fsp3) is 0.255. The third-order valence-electron chi connectivity index (χ3n) is 11.2. The van der Waals surface area contributed by atoms with Gasteiger partial charge in [0.1, 0.15) is 29.2 Å². The molecule has 2 aliphatic heterocycles. The molecule has 62 heavy (non-hydrogen) atoms. The fourth-order valence-corrected chi connectivity index (χ4v) is 8.06. The molecule has 4 heterocycles. The second kappa shape index (κ2) is 18.8. The highest BCUT2D eigenvalue weighted by molar-refractivity contribution is 6.01. The zero-order valence-corrected chi connectivity index (χ0v) is 34.3. The minimum absolute atomic E-state index is 0.165. The highest BCUT2D eigenvalue weighted by Gasteiger charge is 2.38. The number of hydrogen-bond donors (Lipinski definition) is 3. The van der Waals surface area contributed by atoms with Gasteiger partial charge in [-0.05, 0) is 85.3 Å². The van der Waals surface area contributed by atoms with Gasteiger partial charge in [-0.1, -0.05) is 60.7 Å². The summed E-state index contributed by atoms with van der Waals surface area (Å²) in [5.74, 6) is 1.51. The number of carbonyl (C=O) groups is 4. The lowest BCUT2D eigenvalue weighted by Crippen LogP contribution is -2.42. The lowest BCUT2D eigenvalue weighted by molar-refractivity contribution is -0.134. The van der Waals surface area contributed by atoms with Gasteiger partial charge in [0.05, 0.1) is 43.6 Å². The number of H-pyrrole nitrogens is 2. The minimum atomic E-state index is -0.893. The second-order valence-corrected chi connectivity index (χ2v) is 15.0. The molecule has 2 aliphatic rings. The molecular weight excluding hydrogens is 789 g/mol. The molecule has 316 valence electrons. The molecule has 0 radical (unpaired) electrons. The van der Waals surface area contributed by atoms with Crippen molar-refractivity contribution < 1.29 is 33.4 Å². The Labute approximate surface area is 358 Å². The predicted octanol–water partition coefficient (Wildman–Crippen LogP) is 8.30. The number of nitrogens with one attached hydrogen (secondary N) is 3. The van der Waals surface area contributed by atoms with E-state index in [9.17, 15) is 19.2 Å². The molecule has 3 N–H and O–H groups in total. The first-order chi connectivity index (χ1) is 30.3. The van der Waals surface area contributed by atoms with Gasteiger partial charge in [-0.3, -0.25) is 9.59 Å². The summed E-state index contributed by atoms with van der Waals surface area (Å²) in [7, 11) is 2.52. The Kier molecular flexibility index (Phi) is 12.5. The number of amides is 4. The van der Waals surface area contributed by atoms with Gasteiger partial charge in [-0.25, -0.2) is 19.6 Å². The van der Waals surface area contributed by atoms with E-state index in [1.165, 1.54) is 20.4 Å². The van der Waals surface area contributed by atoms with Crippen molar-refractivity contribution in [3.05, 3.63) is 144 Å². The number of carbonyl (C=O) groups excluding carboxylic acids is 4. The number of likely N-dealkylation sites (tertiary alicyclic amines) is 2. The third-order valence-corrected chi connectivity index (χ3v) is 11.2. The molecule has 4 atom stereocenters. The Hall–Kier alpha value is -7.55. The lowest BCUT2D eigenvalue weighted by atomic mass is 9.98. The van der Waals surface area contributed by atoms with Crippen molar-refractivity contribution in [2.75, 3.05) is 27.3 Å². The summed E-state index contributed by atoms with van der Waals surface area (Å²) in [5, 5.41) is 2.70. The van der Waals surface area contributed by atoms with Gasteiger partial charge in [0.25, 0.3) is 5.91 Å². The SMILES string of the molecule is COC(=O)/N=C/C(C(=O)N1CCC[C@H]1c1nc(-c2ccc(Oc3ccc(-c4c[nH]c([C@@H]5CCCN5C(=O)[C@H](NC(=O)OC)c5ccccc5)n4)cc3)cc2)c[nH]1)c1ccccc1. The van der Waals surface area contributed by atoms with Crippen LogP contribution in [-0.4, -0.2) is 87.3 Å². The summed E-state index contributed by atoms with van der Waals surface area (Å²) < 4.78 is 15.7. The van der Waals surface area contributed by atoms with Gasteiger partial charge in [-0.2, -0.15) is 4.99 Å². The number of nitrogens with zero attached hydrogens (tertiary/aromatic N) is 5. The maximum atomic E-state index is 14.0. The van der Waals surface area contributed by atoms with Gasteiger partial charge < -0.3 is 39.3 Å². The smallest absolute Gasteiger partial charge is 0.432 e.